The fourth-order valence-corrected chi connectivity index (χ4v) is 3.52. The third-order valence-electron chi connectivity index (χ3n) is 5.15. The molecule has 0 saturated carbocycles. The monoisotopic (exact) mass is 360 g/mol. The minimum Gasteiger partial charge on any atom is -0.322 e. The smallest absolute Gasteiger partial charge is 0.322 e. The van der Waals surface area contributed by atoms with Crippen LogP contribution in [0.3, 0.4) is 0 Å². The molecule has 27 heavy (non-hydrogen) atoms. The van der Waals surface area contributed by atoms with Gasteiger partial charge in [-0.2, -0.15) is 0 Å². The Morgan fingerprint density at radius 3 is 2.52 bits per heavy atom. The summed E-state index contributed by atoms with van der Waals surface area (Å²) in [7, 11) is 0. The Balaban J connectivity index is 1.74. The molecule has 1 aliphatic heterocycles. The van der Waals surface area contributed by atoms with Crippen LogP contribution >= 0.6 is 0 Å². The Hall–Kier alpha value is -3.28. The molecule has 0 bridgehead atoms. The van der Waals surface area contributed by atoms with Crippen molar-refractivity contribution in [1.82, 2.24) is 15.3 Å². The number of amides is 3. The summed E-state index contributed by atoms with van der Waals surface area (Å²) in [6.45, 7) is 3.88. The lowest BCUT2D eigenvalue weighted by molar-refractivity contribution is -0.123. The fourth-order valence-electron chi connectivity index (χ4n) is 3.52. The molecule has 0 aliphatic carbocycles. The van der Waals surface area contributed by atoms with Crippen molar-refractivity contribution in [2.45, 2.75) is 25.8 Å². The molecule has 1 aromatic carbocycles. The summed E-state index contributed by atoms with van der Waals surface area (Å²) in [6, 6.07) is 14.5. The van der Waals surface area contributed by atoms with Gasteiger partial charge in [-0.3, -0.25) is 9.78 Å². The van der Waals surface area contributed by atoms with Gasteiger partial charge < -0.3 is 5.32 Å². The van der Waals surface area contributed by atoms with Crippen LogP contribution in [0.2, 0.25) is 0 Å². The molecule has 1 N–H and O–H groups in total. The molecule has 6 nitrogen and oxygen atoms in total. The molecular weight excluding hydrogens is 340 g/mol. The van der Waals surface area contributed by atoms with Crippen LogP contribution in [-0.4, -0.2) is 27.4 Å². The molecule has 3 aromatic rings. The van der Waals surface area contributed by atoms with Crippen LogP contribution in [-0.2, 0) is 11.2 Å². The predicted molar refractivity (Wildman–Crippen MR) is 103 cm³/mol. The molecule has 136 valence electrons. The van der Waals surface area contributed by atoms with Gasteiger partial charge in [0.2, 0.25) is 0 Å². The minimum absolute atomic E-state index is 0.0902. The van der Waals surface area contributed by atoms with Crippen LogP contribution in [0.4, 0.5) is 10.6 Å². The Labute approximate surface area is 157 Å². The molecule has 1 aliphatic rings. The van der Waals surface area contributed by atoms with Crippen LogP contribution < -0.4 is 10.2 Å². The van der Waals surface area contributed by atoms with Crippen molar-refractivity contribution in [2.24, 2.45) is 5.92 Å². The molecule has 0 radical (unpaired) electrons. The summed E-state index contributed by atoms with van der Waals surface area (Å²) >= 11 is 0. The minimum atomic E-state index is -1.01. The number of imide groups is 1. The van der Waals surface area contributed by atoms with Crippen molar-refractivity contribution < 1.29 is 9.59 Å². The first-order chi connectivity index (χ1) is 13.0. The van der Waals surface area contributed by atoms with Gasteiger partial charge in [0.25, 0.3) is 5.91 Å². The predicted octanol–water partition coefficient (Wildman–Crippen LogP) is 3.32. The number of carbonyl (C=O) groups excluding carboxylic acids is 2. The highest BCUT2D eigenvalue weighted by Gasteiger charge is 2.54. The maximum atomic E-state index is 13.4. The molecular formula is C21H20N4O2. The van der Waals surface area contributed by atoms with Gasteiger partial charge in [0, 0.05) is 24.2 Å². The maximum Gasteiger partial charge on any atom is 0.330 e. The molecule has 1 saturated heterocycles. The van der Waals surface area contributed by atoms with Gasteiger partial charge in [0.15, 0.2) is 0 Å². The summed E-state index contributed by atoms with van der Waals surface area (Å²) in [6.07, 6.45) is 3.78. The van der Waals surface area contributed by atoms with Gasteiger partial charge in [-0.1, -0.05) is 32.0 Å². The van der Waals surface area contributed by atoms with Crippen molar-refractivity contribution in [3.63, 3.8) is 0 Å². The number of benzene rings is 1. The molecule has 3 amide bonds. The van der Waals surface area contributed by atoms with Crippen LogP contribution in [0.25, 0.3) is 10.9 Å². The Morgan fingerprint density at radius 2 is 1.78 bits per heavy atom. The van der Waals surface area contributed by atoms with Crippen molar-refractivity contribution in [3.05, 3.63) is 66.5 Å². The van der Waals surface area contributed by atoms with Crippen molar-refractivity contribution in [2.75, 3.05) is 4.90 Å². The average molecular weight is 360 g/mol. The third kappa shape index (κ3) is 2.83. The second kappa shape index (κ2) is 6.46. The van der Waals surface area contributed by atoms with E-state index in [2.05, 4.69) is 15.3 Å². The van der Waals surface area contributed by atoms with Gasteiger partial charge in [-0.15, -0.1) is 0 Å². The van der Waals surface area contributed by atoms with Crippen molar-refractivity contribution in [3.8, 4) is 0 Å². The number of hydrogen-bond acceptors (Lipinski definition) is 4. The summed E-state index contributed by atoms with van der Waals surface area (Å²) in [5.41, 5.74) is 0.679. The lowest BCUT2D eigenvalue weighted by atomic mass is 9.81. The molecule has 1 atom stereocenters. The van der Waals surface area contributed by atoms with E-state index >= 15 is 0 Å². The fraction of sp³-hybridized carbons (Fsp3) is 0.238. The normalized spacial score (nSPS) is 19.7. The second-order valence-electron chi connectivity index (χ2n) is 7.09. The van der Waals surface area contributed by atoms with Crippen molar-refractivity contribution >= 4 is 28.7 Å². The number of aromatic nitrogens is 2. The van der Waals surface area contributed by atoms with Gasteiger partial charge >= 0.3 is 6.03 Å². The topological polar surface area (TPSA) is 75.2 Å². The van der Waals surface area contributed by atoms with E-state index in [0.29, 0.717) is 12.2 Å². The molecule has 1 unspecified atom stereocenters. The summed E-state index contributed by atoms with van der Waals surface area (Å²) in [5.74, 6) is -0.0249. The van der Waals surface area contributed by atoms with Crippen molar-refractivity contribution in [1.29, 1.82) is 0 Å². The van der Waals surface area contributed by atoms with E-state index in [4.69, 9.17) is 0 Å². The number of nitrogens with one attached hydrogen (secondary N) is 1. The van der Waals surface area contributed by atoms with E-state index in [9.17, 15) is 9.59 Å². The van der Waals surface area contributed by atoms with Crippen LogP contribution in [0, 0.1) is 5.92 Å². The van der Waals surface area contributed by atoms with Gasteiger partial charge in [-0.05, 0) is 41.8 Å². The quantitative estimate of drug-likeness (QED) is 0.724. The number of fused-ring (bicyclic) bond motifs is 1. The van der Waals surface area contributed by atoms with E-state index in [1.165, 1.54) is 0 Å². The zero-order valence-corrected chi connectivity index (χ0v) is 15.2. The van der Waals surface area contributed by atoms with Crippen LogP contribution in [0.5, 0.6) is 0 Å². The number of pyridine rings is 2. The molecule has 1 fully saturated rings. The Kier molecular flexibility index (Phi) is 4.11. The van der Waals surface area contributed by atoms with Crippen LogP contribution in [0.15, 0.2) is 60.9 Å². The number of hydrogen-bond donors (Lipinski definition) is 1. The first kappa shape index (κ1) is 17.1. The van der Waals surface area contributed by atoms with E-state index in [1.54, 1.807) is 18.5 Å². The highest BCUT2D eigenvalue weighted by Crippen LogP contribution is 2.32. The zero-order chi connectivity index (χ0) is 19.0. The van der Waals surface area contributed by atoms with Gasteiger partial charge in [-0.25, -0.2) is 14.7 Å². The molecule has 0 spiro atoms. The van der Waals surface area contributed by atoms with E-state index in [0.717, 1.165) is 21.4 Å². The lowest BCUT2D eigenvalue weighted by Crippen LogP contribution is -2.53. The SMILES string of the molecule is CC(C)C1(Cc2ccncc2)NC(=O)N(c2ccc3ccccc3n2)C1=O. The van der Waals surface area contributed by atoms with E-state index in [1.807, 2.05) is 56.3 Å². The number of nitrogens with zero attached hydrogens (tertiary/aromatic N) is 3. The third-order valence-corrected chi connectivity index (χ3v) is 5.15. The Morgan fingerprint density at radius 1 is 1.04 bits per heavy atom. The number of para-hydroxylation sites is 1. The number of anilines is 1. The summed E-state index contributed by atoms with van der Waals surface area (Å²) < 4.78 is 0. The number of urea groups is 1. The molecule has 6 heteroatoms. The zero-order valence-electron chi connectivity index (χ0n) is 15.2. The highest BCUT2D eigenvalue weighted by molar-refractivity contribution is 6.23. The van der Waals surface area contributed by atoms with E-state index < -0.39 is 11.6 Å². The molecule has 3 heterocycles. The standard InChI is InChI=1S/C21H20N4O2/c1-14(2)21(13-15-9-11-22-12-10-15)19(26)25(20(27)24-21)18-8-7-16-5-3-4-6-17(16)23-18/h3-12,14H,13H2,1-2H3,(H,24,27). The largest absolute Gasteiger partial charge is 0.330 e. The first-order valence-corrected chi connectivity index (χ1v) is 8.93. The summed E-state index contributed by atoms with van der Waals surface area (Å²) in [4.78, 5) is 35.9. The van der Waals surface area contributed by atoms with E-state index in [-0.39, 0.29) is 11.8 Å². The Bertz CT molecular complexity index is 1020. The average Bonchev–Trinajstić information content (AvgIpc) is 2.93. The lowest BCUT2D eigenvalue weighted by Gasteiger charge is -2.30. The van der Waals surface area contributed by atoms with Crippen LogP contribution in [0.1, 0.15) is 19.4 Å². The summed E-state index contributed by atoms with van der Waals surface area (Å²) in [5, 5.41) is 3.90. The molecule has 4 rings (SSSR count). The highest BCUT2D eigenvalue weighted by atomic mass is 16.2. The molecule has 2 aromatic heterocycles. The van der Waals surface area contributed by atoms with Gasteiger partial charge in [0.05, 0.1) is 5.52 Å². The maximum absolute atomic E-state index is 13.4. The number of carbonyl (C=O) groups is 2. The van der Waals surface area contributed by atoms with Gasteiger partial charge in [0.1, 0.15) is 11.4 Å². The number of rotatable bonds is 4. The first-order valence-electron chi connectivity index (χ1n) is 8.93. The second-order valence-corrected chi connectivity index (χ2v) is 7.09.